The molecule has 0 saturated heterocycles. The number of halogens is 3. The van der Waals surface area contributed by atoms with Crippen LogP contribution < -0.4 is 0 Å². The molecule has 78 valence electrons. The number of rotatable bonds is 2. The summed E-state index contributed by atoms with van der Waals surface area (Å²) in [4.78, 5) is 13.6. The first-order valence-corrected chi connectivity index (χ1v) is 3.64. The minimum atomic E-state index is -4.62. The summed E-state index contributed by atoms with van der Waals surface area (Å²) in [5.74, 6) is -1.86. The number of aromatic nitrogens is 2. The number of imidazole rings is 1. The number of nitrogens with zero attached hydrogens (tertiary/aromatic N) is 2. The highest BCUT2D eigenvalue weighted by atomic mass is 19.4. The van der Waals surface area contributed by atoms with Gasteiger partial charge in [-0.3, -0.25) is 4.79 Å². The molecule has 0 saturated carbocycles. The molecule has 7 heteroatoms. The third-order valence-electron chi connectivity index (χ3n) is 1.57. The van der Waals surface area contributed by atoms with Gasteiger partial charge < -0.3 is 5.11 Å². The quantitative estimate of drug-likeness (QED) is 0.796. The fourth-order valence-electron chi connectivity index (χ4n) is 1.09. The molecule has 1 aromatic rings. The molecule has 1 heterocycles. The molecule has 0 unspecified atom stereocenters. The average molecular weight is 208 g/mol. The van der Waals surface area contributed by atoms with E-state index in [1.165, 1.54) is 6.92 Å². The van der Waals surface area contributed by atoms with Crippen molar-refractivity contribution >= 4 is 5.97 Å². The second kappa shape index (κ2) is 3.32. The van der Waals surface area contributed by atoms with E-state index in [1.807, 2.05) is 0 Å². The minimum Gasteiger partial charge on any atom is -0.481 e. The molecule has 1 N–H and O–H groups in total. The summed E-state index contributed by atoms with van der Waals surface area (Å²) < 4.78 is 36.9. The smallest absolute Gasteiger partial charge is 0.481 e. The standard InChI is InChI=1S/C7H7F3N2O2/c1-4-3-11-5(2-6(13)14)12(4)7(8,9)10/h3H,2H2,1H3,(H,13,14). The monoisotopic (exact) mass is 208 g/mol. The van der Waals surface area contributed by atoms with Crippen molar-refractivity contribution in [1.82, 2.24) is 9.55 Å². The lowest BCUT2D eigenvalue weighted by atomic mass is 10.4. The van der Waals surface area contributed by atoms with Gasteiger partial charge in [0.05, 0.1) is 0 Å². The molecule has 0 radical (unpaired) electrons. The van der Waals surface area contributed by atoms with Crippen LogP contribution in [0.25, 0.3) is 0 Å². The predicted molar refractivity (Wildman–Crippen MR) is 39.6 cm³/mol. The van der Waals surface area contributed by atoms with Crippen LogP contribution in [0.5, 0.6) is 0 Å². The van der Waals surface area contributed by atoms with E-state index in [-0.39, 0.29) is 10.3 Å². The van der Waals surface area contributed by atoms with Crippen LogP contribution in [0, 0.1) is 6.92 Å². The number of aryl methyl sites for hydroxylation is 1. The van der Waals surface area contributed by atoms with Crippen molar-refractivity contribution in [2.75, 3.05) is 0 Å². The van der Waals surface area contributed by atoms with Crippen LogP contribution in [0.4, 0.5) is 13.2 Å². The van der Waals surface area contributed by atoms with Crippen LogP contribution in [-0.4, -0.2) is 20.6 Å². The van der Waals surface area contributed by atoms with Crippen molar-refractivity contribution in [1.29, 1.82) is 0 Å². The summed E-state index contributed by atoms with van der Waals surface area (Å²) in [5, 5.41) is 8.35. The Kier molecular flexibility index (Phi) is 2.50. The Morgan fingerprint density at radius 3 is 2.64 bits per heavy atom. The van der Waals surface area contributed by atoms with Gasteiger partial charge in [-0.2, -0.15) is 0 Å². The van der Waals surface area contributed by atoms with Gasteiger partial charge in [0.15, 0.2) is 0 Å². The maximum Gasteiger partial charge on any atom is 0.490 e. The number of hydrogen-bond acceptors (Lipinski definition) is 2. The average Bonchev–Trinajstić information content (AvgIpc) is 2.28. The lowest BCUT2D eigenvalue weighted by Crippen LogP contribution is -2.22. The van der Waals surface area contributed by atoms with E-state index in [0.717, 1.165) is 6.20 Å². The maximum absolute atomic E-state index is 12.3. The molecule has 0 atom stereocenters. The number of carboxylic acid groups (broad SMARTS) is 1. The van der Waals surface area contributed by atoms with Gasteiger partial charge in [0.2, 0.25) is 0 Å². The molecular formula is C7H7F3N2O2. The molecule has 0 aliphatic carbocycles. The Balaban J connectivity index is 3.13. The number of carbonyl (C=O) groups is 1. The zero-order valence-electron chi connectivity index (χ0n) is 7.17. The van der Waals surface area contributed by atoms with Crippen LogP contribution in [0.3, 0.4) is 0 Å². The largest absolute Gasteiger partial charge is 0.490 e. The third-order valence-corrected chi connectivity index (χ3v) is 1.57. The molecular weight excluding hydrogens is 201 g/mol. The predicted octanol–water partition coefficient (Wildman–Crippen LogP) is 1.29. The van der Waals surface area contributed by atoms with Crippen molar-refractivity contribution in [2.45, 2.75) is 19.6 Å². The Bertz CT molecular complexity index is 356. The second-order valence-electron chi connectivity index (χ2n) is 2.69. The third kappa shape index (κ3) is 2.04. The summed E-state index contributed by atoms with van der Waals surface area (Å²) >= 11 is 0. The summed E-state index contributed by atoms with van der Waals surface area (Å²) in [7, 11) is 0. The number of aliphatic carboxylic acids is 1. The topological polar surface area (TPSA) is 55.1 Å². The highest BCUT2D eigenvalue weighted by Crippen LogP contribution is 2.26. The van der Waals surface area contributed by atoms with Crippen molar-refractivity contribution in [3.8, 4) is 0 Å². The molecule has 1 rings (SSSR count). The first-order valence-electron chi connectivity index (χ1n) is 3.64. The number of hydrogen-bond donors (Lipinski definition) is 1. The molecule has 0 fully saturated rings. The summed E-state index contributed by atoms with van der Waals surface area (Å²) in [6, 6.07) is 0. The molecule has 4 nitrogen and oxygen atoms in total. The molecule has 0 aromatic carbocycles. The van der Waals surface area contributed by atoms with E-state index in [1.54, 1.807) is 0 Å². The molecule has 0 aliphatic heterocycles. The number of carboxylic acids is 1. The SMILES string of the molecule is Cc1cnc(CC(=O)O)n1C(F)(F)F. The lowest BCUT2D eigenvalue weighted by molar-refractivity contribution is -0.206. The summed E-state index contributed by atoms with van der Waals surface area (Å²) in [6.07, 6.45) is -4.37. The Hall–Kier alpha value is -1.53. The van der Waals surface area contributed by atoms with Crippen molar-refractivity contribution in [3.05, 3.63) is 17.7 Å². The van der Waals surface area contributed by atoms with Gasteiger partial charge in [-0.1, -0.05) is 0 Å². The second-order valence-corrected chi connectivity index (χ2v) is 2.69. The molecule has 0 spiro atoms. The zero-order valence-corrected chi connectivity index (χ0v) is 7.17. The van der Waals surface area contributed by atoms with Gasteiger partial charge in [-0.25, -0.2) is 9.55 Å². The van der Waals surface area contributed by atoms with Gasteiger partial charge in [-0.15, -0.1) is 13.2 Å². The van der Waals surface area contributed by atoms with Crippen LogP contribution >= 0.6 is 0 Å². The fraction of sp³-hybridized carbons (Fsp3) is 0.429. The summed E-state index contributed by atoms with van der Waals surface area (Å²) in [5.41, 5.74) is -0.131. The van der Waals surface area contributed by atoms with Crippen molar-refractivity contribution in [2.24, 2.45) is 0 Å². The van der Waals surface area contributed by atoms with E-state index in [0.29, 0.717) is 0 Å². The van der Waals surface area contributed by atoms with Crippen LogP contribution in [0.15, 0.2) is 6.20 Å². The first-order chi connectivity index (χ1) is 6.32. The van der Waals surface area contributed by atoms with E-state index in [4.69, 9.17) is 5.11 Å². The highest BCUT2D eigenvalue weighted by molar-refractivity contribution is 5.69. The van der Waals surface area contributed by atoms with E-state index >= 15 is 0 Å². The van der Waals surface area contributed by atoms with Crippen molar-refractivity contribution < 1.29 is 23.1 Å². The molecule has 0 amide bonds. The van der Waals surface area contributed by atoms with E-state index < -0.39 is 24.5 Å². The minimum absolute atomic E-state index is 0.0406. The van der Waals surface area contributed by atoms with Gasteiger partial charge in [0.25, 0.3) is 0 Å². The lowest BCUT2D eigenvalue weighted by Gasteiger charge is -2.11. The molecule has 0 bridgehead atoms. The van der Waals surface area contributed by atoms with Gasteiger partial charge >= 0.3 is 12.3 Å². The van der Waals surface area contributed by atoms with Crippen molar-refractivity contribution in [3.63, 3.8) is 0 Å². The number of alkyl halides is 3. The molecule has 1 aromatic heterocycles. The highest BCUT2D eigenvalue weighted by Gasteiger charge is 2.35. The Morgan fingerprint density at radius 2 is 2.21 bits per heavy atom. The maximum atomic E-state index is 12.3. The van der Waals surface area contributed by atoms with Gasteiger partial charge in [0.1, 0.15) is 12.2 Å². The normalized spacial score (nSPS) is 11.7. The van der Waals surface area contributed by atoms with Gasteiger partial charge in [-0.05, 0) is 6.92 Å². The fourth-order valence-corrected chi connectivity index (χ4v) is 1.09. The zero-order chi connectivity index (χ0) is 10.9. The van der Waals surface area contributed by atoms with E-state index in [9.17, 15) is 18.0 Å². The summed E-state index contributed by atoms with van der Waals surface area (Å²) in [6.45, 7) is 1.21. The van der Waals surface area contributed by atoms with Crippen LogP contribution in [0.2, 0.25) is 0 Å². The Morgan fingerprint density at radius 1 is 1.64 bits per heavy atom. The first kappa shape index (κ1) is 10.6. The Labute approximate surface area is 77.0 Å². The van der Waals surface area contributed by atoms with E-state index in [2.05, 4.69) is 4.98 Å². The molecule has 0 aliphatic rings. The van der Waals surface area contributed by atoms with Gasteiger partial charge in [0, 0.05) is 11.9 Å². The molecule has 14 heavy (non-hydrogen) atoms. The van der Waals surface area contributed by atoms with Crippen LogP contribution in [-0.2, 0) is 17.5 Å². The van der Waals surface area contributed by atoms with Crippen LogP contribution in [0.1, 0.15) is 11.5 Å².